The number of nitrogens with one attached hydrogen (secondary N) is 1. The van der Waals surface area contributed by atoms with Crippen LogP contribution in [0, 0.1) is 6.92 Å². The van der Waals surface area contributed by atoms with Crippen LogP contribution in [0.15, 0.2) is 6.07 Å². The summed E-state index contributed by atoms with van der Waals surface area (Å²) in [7, 11) is 1.49. The Morgan fingerprint density at radius 3 is 2.56 bits per heavy atom. The van der Waals surface area contributed by atoms with Crippen molar-refractivity contribution in [1.82, 2.24) is 5.32 Å². The summed E-state index contributed by atoms with van der Waals surface area (Å²) in [5, 5.41) is 3.37. The number of aryl methyl sites for hydroxylation is 1. The van der Waals surface area contributed by atoms with Gasteiger partial charge in [-0.2, -0.15) is 0 Å². The molecule has 0 atom stereocenters. The van der Waals surface area contributed by atoms with Crippen molar-refractivity contribution in [2.24, 2.45) is 0 Å². The Labute approximate surface area is 105 Å². The molecule has 88 valence electrons. The Morgan fingerprint density at radius 2 is 2.06 bits per heavy atom. The first-order chi connectivity index (χ1) is 7.51. The smallest absolute Gasteiger partial charge is 0.409 e. The number of hydrogen-bond acceptors (Lipinski definition) is 2. The van der Waals surface area contributed by atoms with Gasteiger partial charge >= 0.3 is 6.09 Å². The van der Waals surface area contributed by atoms with Crippen molar-refractivity contribution in [1.29, 1.82) is 0 Å². The normalized spacial score (nSPS) is 10.1. The van der Waals surface area contributed by atoms with E-state index < -0.39 is 6.09 Å². The SMILES string of the molecule is CCc1c(Cl)c(C)cc(OC(=O)NC)c1Cl. The van der Waals surface area contributed by atoms with Crippen molar-refractivity contribution in [2.75, 3.05) is 7.05 Å². The van der Waals surface area contributed by atoms with Crippen LogP contribution < -0.4 is 10.1 Å². The first kappa shape index (κ1) is 13.1. The lowest BCUT2D eigenvalue weighted by Crippen LogP contribution is -2.22. The molecule has 0 unspecified atom stereocenters. The Balaban J connectivity index is 3.20. The minimum atomic E-state index is -0.550. The fourth-order valence-electron chi connectivity index (χ4n) is 1.34. The highest BCUT2D eigenvalue weighted by molar-refractivity contribution is 6.37. The molecule has 0 aromatic heterocycles. The zero-order valence-corrected chi connectivity index (χ0v) is 10.9. The van der Waals surface area contributed by atoms with E-state index in [2.05, 4.69) is 5.32 Å². The first-order valence-electron chi connectivity index (χ1n) is 4.88. The third kappa shape index (κ3) is 2.60. The summed E-state index contributed by atoms with van der Waals surface area (Å²) < 4.78 is 5.03. The molecule has 0 aliphatic heterocycles. The predicted molar refractivity (Wildman–Crippen MR) is 65.7 cm³/mol. The third-order valence-electron chi connectivity index (χ3n) is 2.20. The molecular weight excluding hydrogens is 249 g/mol. The van der Waals surface area contributed by atoms with Gasteiger partial charge in [-0.05, 0) is 30.5 Å². The Bertz CT molecular complexity index is 419. The van der Waals surface area contributed by atoms with Gasteiger partial charge < -0.3 is 10.1 Å². The maximum absolute atomic E-state index is 11.1. The average molecular weight is 262 g/mol. The molecular formula is C11H13Cl2NO2. The van der Waals surface area contributed by atoms with E-state index in [9.17, 15) is 4.79 Å². The lowest BCUT2D eigenvalue weighted by Gasteiger charge is -2.12. The summed E-state index contributed by atoms with van der Waals surface area (Å²) in [6.07, 6.45) is 0.134. The van der Waals surface area contributed by atoms with Crippen molar-refractivity contribution in [3.63, 3.8) is 0 Å². The zero-order valence-electron chi connectivity index (χ0n) is 9.36. The standard InChI is InChI=1S/C11H13Cl2NO2/c1-4-7-9(12)6(2)5-8(10(7)13)16-11(15)14-3/h5H,4H2,1-3H3,(H,14,15). The number of amides is 1. The monoisotopic (exact) mass is 261 g/mol. The van der Waals surface area contributed by atoms with E-state index in [1.165, 1.54) is 7.05 Å². The Morgan fingerprint density at radius 1 is 1.44 bits per heavy atom. The van der Waals surface area contributed by atoms with E-state index in [1.54, 1.807) is 6.07 Å². The van der Waals surface area contributed by atoms with Gasteiger partial charge in [0.1, 0.15) is 0 Å². The predicted octanol–water partition coefficient (Wildman–Crippen LogP) is 3.58. The molecule has 0 aliphatic rings. The number of carbonyl (C=O) groups is 1. The molecule has 16 heavy (non-hydrogen) atoms. The van der Waals surface area contributed by atoms with Crippen LogP contribution in [0.2, 0.25) is 10.0 Å². The van der Waals surface area contributed by atoms with Gasteiger partial charge in [-0.1, -0.05) is 30.1 Å². The molecule has 0 saturated heterocycles. The van der Waals surface area contributed by atoms with Gasteiger partial charge in [0.2, 0.25) is 0 Å². The van der Waals surface area contributed by atoms with Crippen LogP contribution in [0.3, 0.4) is 0 Å². The lowest BCUT2D eigenvalue weighted by molar-refractivity contribution is 0.203. The van der Waals surface area contributed by atoms with Crippen LogP contribution in [-0.4, -0.2) is 13.1 Å². The van der Waals surface area contributed by atoms with Crippen LogP contribution in [-0.2, 0) is 6.42 Å². The van der Waals surface area contributed by atoms with Crippen molar-refractivity contribution in [3.05, 3.63) is 27.2 Å². The van der Waals surface area contributed by atoms with Gasteiger partial charge in [0, 0.05) is 12.1 Å². The number of hydrogen-bond donors (Lipinski definition) is 1. The highest BCUT2D eigenvalue weighted by atomic mass is 35.5. The van der Waals surface area contributed by atoms with E-state index in [4.69, 9.17) is 27.9 Å². The van der Waals surface area contributed by atoms with E-state index in [0.29, 0.717) is 22.2 Å². The van der Waals surface area contributed by atoms with E-state index in [-0.39, 0.29) is 0 Å². The second-order valence-corrected chi connectivity index (χ2v) is 4.05. The van der Waals surface area contributed by atoms with Crippen molar-refractivity contribution >= 4 is 29.3 Å². The van der Waals surface area contributed by atoms with Crippen molar-refractivity contribution in [3.8, 4) is 5.75 Å². The largest absolute Gasteiger partial charge is 0.412 e. The molecule has 0 saturated carbocycles. The van der Waals surface area contributed by atoms with Gasteiger partial charge in [0.15, 0.2) is 5.75 Å². The second kappa shape index (κ2) is 5.41. The van der Waals surface area contributed by atoms with Gasteiger partial charge in [-0.25, -0.2) is 4.79 Å². The highest BCUT2D eigenvalue weighted by Gasteiger charge is 2.15. The molecule has 3 nitrogen and oxygen atoms in total. The third-order valence-corrected chi connectivity index (χ3v) is 3.14. The molecule has 1 aromatic carbocycles. The number of benzene rings is 1. The Kier molecular flexibility index (Phi) is 4.44. The van der Waals surface area contributed by atoms with Crippen molar-refractivity contribution < 1.29 is 9.53 Å². The van der Waals surface area contributed by atoms with Crippen LogP contribution in [0.1, 0.15) is 18.1 Å². The second-order valence-electron chi connectivity index (χ2n) is 3.29. The molecule has 0 radical (unpaired) electrons. The molecule has 1 aromatic rings. The fourth-order valence-corrected chi connectivity index (χ4v) is 1.99. The van der Waals surface area contributed by atoms with Gasteiger partial charge in [0.05, 0.1) is 5.02 Å². The minimum absolute atomic E-state index is 0.333. The minimum Gasteiger partial charge on any atom is -0.409 e. The fraction of sp³-hybridized carbons (Fsp3) is 0.364. The molecule has 0 bridgehead atoms. The van der Waals surface area contributed by atoms with Crippen LogP contribution in [0.5, 0.6) is 5.75 Å². The Hall–Kier alpha value is -0.930. The van der Waals surface area contributed by atoms with Gasteiger partial charge in [-0.3, -0.25) is 0 Å². The van der Waals surface area contributed by atoms with Crippen LogP contribution in [0.25, 0.3) is 0 Å². The van der Waals surface area contributed by atoms with E-state index in [0.717, 1.165) is 11.1 Å². The number of rotatable bonds is 2. The summed E-state index contributed by atoms with van der Waals surface area (Å²) in [5.41, 5.74) is 1.63. The lowest BCUT2D eigenvalue weighted by atomic mass is 10.1. The molecule has 0 heterocycles. The molecule has 1 rings (SSSR count). The molecule has 0 fully saturated rings. The summed E-state index contributed by atoms with van der Waals surface area (Å²) >= 11 is 12.2. The van der Waals surface area contributed by atoms with Crippen molar-refractivity contribution in [2.45, 2.75) is 20.3 Å². The maximum atomic E-state index is 11.1. The maximum Gasteiger partial charge on any atom is 0.412 e. The van der Waals surface area contributed by atoms with Gasteiger partial charge in [0.25, 0.3) is 0 Å². The molecule has 1 N–H and O–H groups in total. The topological polar surface area (TPSA) is 38.3 Å². The summed E-state index contributed by atoms with van der Waals surface area (Å²) in [6, 6.07) is 1.65. The molecule has 5 heteroatoms. The van der Waals surface area contributed by atoms with E-state index >= 15 is 0 Å². The summed E-state index contributed by atoms with van der Waals surface area (Å²) in [6.45, 7) is 3.78. The molecule has 0 aliphatic carbocycles. The average Bonchev–Trinajstić information content (AvgIpc) is 2.26. The quantitative estimate of drug-likeness (QED) is 0.884. The highest BCUT2D eigenvalue weighted by Crippen LogP contribution is 2.36. The van der Waals surface area contributed by atoms with Crippen LogP contribution in [0.4, 0.5) is 4.79 Å². The summed E-state index contributed by atoms with van der Waals surface area (Å²) in [4.78, 5) is 11.1. The van der Waals surface area contributed by atoms with E-state index in [1.807, 2.05) is 13.8 Å². The number of ether oxygens (including phenoxy) is 1. The molecule has 0 spiro atoms. The summed E-state index contributed by atoms with van der Waals surface area (Å²) in [5.74, 6) is 0.333. The molecule has 1 amide bonds. The zero-order chi connectivity index (χ0) is 12.3. The first-order valence-corrected chi connectivity index (χ1v) is 5.63. The number of halogens is 2. The van der Waals surface area contributed by atoms with Crippen LogP contribution >= 0.6 is 23.2 Å². The van der Waals surface area contributed by atoms with Gasteiger partial charge in [-0.15, -0.1) is 0 Å². The number of carbonyl (C=O) groups excluding carboxylic acids is 1.